The molecule has 0 aliphatic carbocycles. The first-order valence-electron chi connectivity index (χ1n) is 53.6. The van der Waals surface area contributed by atoms with Crippen LogP contribution < -0.4 is 32.8 Å². The number of hydrogen-bond acceptors (Lipinski definition) is 0. The van der Waals surface area contributed by atoms with E-state index < -0.39 is 0 Å². The molecule has 6 aromatic heterocycles. The zero-order chi connectivity index (χ0) is 103. The average molecular weight is 1920 g/mol. The summed E-state index contributed by atoms with van der Waals surface area (Å²) in [6.45, 7) is 61.0. The van der Waals surface area contributed by atoms with E-state index in [0.29, 0.717) is 0 Å². The van der Waals surface area contributed by atoms with Crippen molar-refractivity contribution in [1.29, 1.82) is 0 Å². The minimum Gasteiger partial charge on any atom is -0.310 e. The SMILES string of the molecule is Cc1c(C)c(-n2c3ccc(C(C)(C)C)cc3c3cc(C(C)(C)C)ccc32)c(C)c(C)c1B1c2ccccc2-n2c3ccccc3c3c(-n4c5ccc(-c6ccccc6)cc5c5ccc(-c6ccccc6)cc54)ccc1c32.Cc1c(C)c(-n2c3ccc(C(C)(C)C)cc3c3cc(C(C)(C)C)ccc32)c(C)c(C)c1B1c2ccccc2-n2c3ccccc3c3c(-n4c5ccc(C(C)(C)C)cc5c5cc(C(C)(C)C)ccc54)ccc1c32. The van der Waals surface area contributed by atoms with Crippen molar-refractivity contribution in [3.63, 3.8) is 0 Å². The van der Waals surface area contributed by atoms with Crippen molar-refractivity contribution in [3.05, 3.63) is 405 Å². The van der Waals surface area contributed by atoms with Crippen LogP contribution in [0.15, 0.2) is 328 Å². The van der Waals surface area contributed by atoms with E-state index in [2.05, 4.69) is 535 Å². The maximum atomic E-state index is 2.60. The normalized spacial score (nSPS) is 13.2. The summed E-state index contributed by atoms with van der Waals surface area (Å²) < 4.78 is 15.5. The van der Waals surface area contributed by atoms with Gasteiger partial charge in [-0.2, -0.15) is 0 Å². The van der Waals surface area contributed by atoms with Crippen molar-refractivity contribution >= 4 is 177 Å². The molecule has 0 bridgehead atoms. The van der Waals surface area contributed by atoms with Gasteiger partial charge in [0.05, 0.1) is 88.9 Å². The first kappa shape index (κ1) is 93.9. The Kier molecular flexibility index (Phi) is 21.1. The third-order valence-electron chi connectivity index (χ3n) is 34.5. The van der Waals surface area contributed by atoms with Crippen LogP contribution in [0.3, 0.4) is 0 Å². The number of aromatic nitrogens is 6. The van der Waals surface area contributed by atoms with E-state index in [4.69, 9.17) is 0 Å². The van der Waals surface area contributed by atoms with Gasteiger partial charge in [0.1, 0.15) is 0 Å². The molecule has 0 amide bonds. The highest BCUT2D eigenvalue weighted by atomic mass is 15.1. The first-order chi connectivity index (χ1) is 70.6. The van der Waals surface area contributed by atoms with Crippen molar-refractivity contribution < 1.29 is 0 Å². The molecule has 2 aliphatic rings. The van der Waals surface area contributed by atoms with Crippen LogP contribution in [0.4, 0.5) is 0 Å². The van der Waals surface area contributed by atoms with Gasteiger partial charge in [0.25, 0.3) is 0 Å². The van der Waals surface area contributed by atoms with Gasteiger partial charge in [-0.15, -0.1) is 0 Å². The van der Waals surface area contributed by atoms with E-state index in [9.17, 15) is 0 Å². The Morgan fingerprint density at radius 1 is 0.169 bits per heavy atom. The molecular weight excluding hydrogens is 1790 g/mol. The van der Waals surface area contributed by atoms with Gasteiger partial charge < -0.3 is 27.4 Å². The van der Waals surface area contributed by atoms with E-state index in [0.717, 1.165) is 0 Å². The lowest BCUT2D eigenvalue weighted by Crippen LogP contribution is -2.58. The van der Waals surface area contributed by atoms with E-state index in [1.807, 2.05) is 0 Å². The lowest BCUT2D eigenvalue weighted by Gasteiger charge is -2.31. The van der Waals surface area contributed by atoms with Crippen molar-refractivity contribution in [2.75, 3.05) is 0 Å². The molecule has 26 rings (SSSR count). The van der Waals surface area contributed by atoms with Crippen molar-refractivity contribution in [2.24, 2.45) is 0 Å². The van der Waals surface area contributed by atoms with Crippen LogP contribution in [-0.4, -0.2) is 40.8 Å². The van der Waals surface area contributed by atoms with Crippen LogP contribution >= 0.6 is 0 Å². The van der Waals surface area contributed by atoms with Crippen LogP contribution in [0.2, 0.25) is 0 Å². The minimum atomic E-state index is -0.00545. The fraction of sp³-hybridized carbons (Fsp3) is 0.229. The summed E-state index contributed by atoms with van der Waals surface area (Å²) >= 11 is 0. The Morgan fingerprint density at radius 2 is 0.432 bits per heavy atom. The topological polar surface area (TPSA) is 29.6 Å². The number of benzene rings is 18. The molecule has 728 valence electrons. The average Bonchev–Trinajstić information content (AvgIpc) is 1.54. The summed E-state index contributed by atoms with van der Waals surface area (Å²) in [7, 11) is 0. The van der Waals surface area contributed by atoms with Gasteiger partial charge in [-0.05, 0) is 315 Å². The predicted molar refractivity (Wildman–Crippen MR) is 642 cm³/mol. The summed E-state index contributed by atoms with van der Waals surface area (Å²) in [5.74, 6) is 0. The molecule has 0 atom stereocenters. The number of fused-ring (bicyclic) bond motifs is 22. The third-order valence-corrected chi connectivity index (χ3v) is 34.5. The summed E-state index contributed by atoms with van der Waals surface area (Å²) in [5.41, 5.74) is 54.5. The Balaban J connectivity index is 0.000000154. The quantitative estimate of drug-likeness (QED) is 0.136. The maximum Gasteiger partial charge on any atom is 0.247 e. The molecule has 24 aromatic rings. The minimum absolute atomic E-state index is 0.00545. The Labute approximate surface area is 872 Å². The smallest absolute Gasteiger partial charge is 0.247 e. The summed E-state index contributed by atoms with van der Waals surface area (Å²) in [6.07, 6.45) is 0. The van der Waals surface area contributed by atoms with Crippen molar-refractivity contribution in [3.8, 4) is 56.4 Å². The van der Waals surface area contributed by atoms with Gasteiger partial charge in [-0.3, -0.25) is 0 Å². The number of nitrogens with zero attached hydrogens (tertiary/aromatic N) is 6. The lowest BCUT2D eigenvalue weighted by molar-refractivity contribution is 0.590. The number of para-hydroxylation sites is 4. The van der Waals surface area contributed by atoms with Crippen molar-refractivity contribution in [2.45, 2.75) is 213 Å². The molecule has 0 saturated carbocycles. The largest absolute Gasteiger partial charge is 0.310 e. The lowest BCUT2D eigenvalue weighted by atomic mass is 9.34. The van der Waals surface area contributed by atoms with E-state index in [-0.39, 0.29) is 45.9 Å². The molecule has 8 heteroatoms. The van der Waals surface area contributed by atoms with E-state index in [1.165, 1.54) is 298 Å². The molecule has 2 aliphatic heterocycles. The van der Waals surface area contributed by atoms with Crippen LogP contribution in [0, 0.1) is 55.4 Å². The van der Waals surface area contributed by atoms with E-state index >= 15 is 0 Å². The van der Waals surface area contributed by atoms with Crippen LogP contribution in [0.25, 0.3) is 187 Å². The molecular formula is C140H132B2N6. The first-order valence-corrected chi connectivity index (χ1v) is 53.6. The molecule has 18 aromatic carbocycles. The highest BCUT2D eigenvalue weighted by Gasteiger charge is 2.42. The fourth-order valence-electron chi connectivity index (χ4n) is 26.1. The second-order valence-corrected chi connectivity index (χ2v) is 49.4. The van der Waals surface area contributed by atoms with Crippen molar-refractivity contribution in [1.82, 2.24) is 27.4 Å². The highest BCUT2D eigenvalue weighted by Crippen LogP contribution is 2.50. The Morgan fingerprint density at radius 3 is 0.764 bits per heavy atom. The molecule has 6 nitrogen and oxygen atoms in total. The van der Waals surface area contributed by atoms with Crippen LogP contribution in [0.5, 0.6) is 0 Å². The van der Waals surface area contributed by atoms with Gasteiger partial charge in [-0.25, -0.2) is 0 Å². The molecule has 0 N–H and O–H groups in total. The Hall–Kier alpha value is -15.1. The Bertz CT molecular complexity index is 9530. The number of hydrogen-bond donors (Lipinski definition) is 0. The molecule has 0 spiro atoms. The molecule has 0 fully saturated rings. The summed E-state index contributed by atoms with van der Waals surface area (Å²) in [6, 6.07) is 126. The van der Waals surface area contributed by atoms with Gasteiger partial charge >= 0.3 is 0 Å². The second kappa shape index (κ2) is 33.2. The molecule has 0 unspecified atom stereocenters. The van der Waals surface area contributed by atoms with Gasteiger partial charge in [0.15, 0.2) is 0 Å². The van der Waals surface area contributed by atoms with Crippen LogP contribution in [0.1, 0.15) is 203 Å². The molecule has 0 radical (unpaired) electrons. The zero-order valence-electron chi connectivity index (χ0n) is 91.0. The maximum absolute atomic E-state index is 2.60. The zero-order valence-corrected chi connectivity index (χ0v) is 91.0. The highest BCUT2D eigenvalue weighted by molar-refractivity contribution is 6.99. The fourth-order valence-corrected chi connectivity index (χ4v) is 26.1. The van der Waals surface area contributed by atoms with Crippen LogP contribution in [-0.2, 0) is 32.5 Å². The number of rotatable bonds is 8. The molecule has 148 heavy (non-hydrogen) atoms. The summed E-state index contributed by atoms with van der Waals surface area (Å²) in [5, 5.41) is 15.5. The monoisotopic (exact) mass is 1920 g/mol. The van der Waals surface area contributed by atoms with Gasteiger partial charge in [0.2, 0.25) is 13.4 Å². The van der Waals surface area contributed by atoms with Gasteiger partial charge in [-0.1, -0.05) is 358 Å². The molecule has 0 saturated heterocycles. The second-order valence-electron chi connectivity index (χ2n) is 49.4. The predicted octanol–water partition coefficient (Wildman–Crippen LogP) is 33.2. The standard InChI is InChI=1S/C72H62BN3.C68H70BN3/c1-43-45(3)69(75-62-36-31-51(71(5,6)7)41-56(62)57-42-52(72(8,9)10)32-37-63(57)75)46(4)44(2)68(43)73-58-26-18-20-28-64(58)76-60-27-19-17-25-54(60)67-65(38-34-59(73)70(67)76)74-61-35-30-49(47-21-13-11-14-22-47)39-55(61)53-33-29-50(40-66(53)74)48-23-15-12-16-24-48;1-39-41(3)63(71-57-32-27-45(67(11,12)13)37-50(57)51-38-46(68(14,15)16)28-33-58(51)71)42(4)40(2)62(39)69-52-22-18-20-24-59(52)72-54-23-19-17-21-47(54)61-60(34-29-53(69)64(61)72)70-55-30-25-43(65(5,6)7)35-48(55)49-36-44(66(8,9)10)26-31-56(49)70/h11-42H,1-10H3;17-38H,1-16H3. The third kappa shape index (κ3) is 14.2. The van der Waals surface area contributed by atoms with E-state index in [1.54, 1.807) is 0 Å². The van der Waals surface area contributed by atoms with Gasteiger partial charge in [0, 0.05) is 76.0 Å². The molecule has 8 heterocycles. The summed E-state index contributed by atoms with van der Waals surface area (Å²) in [4.78, 5) is 0.